The second-order valence-electron chi connectivity index (χ2n) is 4.73. The minimum atomic E-state index is -0.154. The SMILES string of the molecule is CCNc1cc(C)ncc1C(=O)Nc1cccc(C)c1. The molecule has 0 saturated heterocycles. The molecule has 2 N–H and O–H groups in total. The molecule has 0 saturated carbocycles. The minimum Gasteiger partial charge on any atom is -0.385 e. The Kier molecular flexibility index (Phi) is 4.35. The number of aromatic nitrogens is 1. The number of anilines is 2. The molecule has 1 aromatic heterocycles. The Morgan fingerprint density at radius 1 is 1.25 bits per heavy atom. The second-order valence-corrected chi connectivity index (χ2v) is 4.73. The maximum Gasteiger partial charge on any atom is 0.259 e. The van der Waals surface area contributed by atoms with E-state index in [2.05, 4.69) is 15.6 Å². The van der Waals surface area contributed by atoms with E-state index < -0.39 is 0 Å². The summed E-state index contributed by atoms with van der Waals surface area (Å²) in [5, 5.41) is 6.09. The average molecular weight is 269 g/mol. The van der Waals surface area contributed by atoms with E-state index in [9.17, 15) is 4.79 Å². The lowest BCUT2D eigenvalue weighted by Gasteiger charge is -2.11. The van der Waals surface area contributed by atoms with Gasteiger partial charge in [0.05, 0.1) is 11.3 Å². The van der Waals surface area contributed by atoms with Gasteiger partial charge in [-0.05, 0) is 44.5 Å². The molecule has 20 heavy (non-hydrogen) atoms. The Balaban J connectivity index is 2.24. The van der Waals surface area contributed by atoms with E-state index >= 15 is 0 Å². The molecule has 0 spiro atoms. The summed E-state index contributed by atoms with van der Waals surface area (Å²) < 4.78 is 0. The van der Waals surface area contributed by atoms with Gasteiger partial charge in [0.15, 0.2) is 0 Å². The van der Waals surface area contributed by atoms with Gasteiger partial charge >= 0.3 is 0 Å². The van der Waals surface area contributed by atoms with Gasteiger partial charge in [0.25, 0.3) is 5.91 Å². The minimum absolute atomic E-state index is 0.154. The van der Waals surface area contributed by atoms with Crippen LogP contribution in [0.15, 0.2) is 36.5 Å². The molecule has 0 bridgehead atoms. The van der Waals surface area contributed by atoms with Crippen molar-refractivity contribution in [2.75, 3.05) is 17.2 Å². The van der Waals surface area contributed by atoms with Gasteiger partial charge in [-0.25, -0.2) is 0 Å². The molecule has 0 aliphatic heterocycles. The fraction of sp³-hybridized carbons (Fsp3) is 0.250. The number of rotatable bonds is 4. The standard InChI is InChI=1S/C16H19N3O/c1-4-17-15-9-12(3)18-10-14(15)16(20)19-13-7-5-6-11(2)8-13/h5-10H,4H2,1-3H3,(H,17,18)(H,19,20). The zero-order valence-electron chi connectivity index (χ0n) is 12.0. The van der Waals surface area contributed by atoms with Crippen LogP contribution < -0.4 is 10.6 Å². The third-order valence-corrected chi connectivity index (χ3v) is 2.93. The summed E-state index contributed by atoms with van der Waals surface area (Å²) in [5.41, 5.74) is 4.15. The molecule has 2 rings (SSSR count). The van der Waals surface area contributed by atoms with E-state index in [1.807, 2.05) is 51.1 Å². The number of amides is 1. The zero-order valence-corrected chi connectivity index (χ0v) is 12.0. The van der Waals surface area contributed by atoms with Gasteiger partial charge in [-0.2, -0.15) is 0 Å². The van der Waals surface area contributed by atoms with Crippen LogP contribution in [0, 0.1) is 13.8 Å². The van der Waals surface area contributed by atoms with Crippen molar-refractivity contribution >= 4 is 17.3 Å². The monoisotopic (exact) mass is 269 g/mol. The predicted octanol–water partition coefficient (Wildman–Crippen LogP) is 3.38. The Morgan fingerprint density at radius 2 is 2.05 bits per heavy atom. The van der Waals surface area contributed by atoms with Crippen LogP contribution in [0.4, 0.5) is 11.4 Å². The highest BCUT2D eigenvalue weighted by molar-refractivity contribution is 6.07. The number of nitrogens with zero attached hydrogens (tertiary/aromatic N) is 1. The van der Waals surface area contributed by atoms with Crippen molar-refractivity contribution in [2.45, 2.75) is 20.8 Å². The molecule has 4 heteroatoms. The smallest absolute Gasteiger partial charge is 0.259 e. The molecule has 0 unspecified atom stereocenters. The number of nitrogens with one attached hydrogen (secondary N) is 2. The molecule has 1 amide bonds. The van der Waals surface area contributed by atoms with Crippen molar-refractivity contribution in [3.63, 3.8) is 0 Å². The summed E-state index contributed by atoms with van der Waals surface area (Å²) in [6.07, 6.45) is 1.61. The highest BCUT2D eigenvalue weighted by Crippen LogP contribution is 2.18. The van der Waals surface area contributed by atoms with Gasteiger partial charge in [0.2, 0.25) is 0 Å². The van der Waals surface area contributed by atoms with Crippen LogP contribution in [0.3, 0.4) is 0 Å². The number of hydrogen-bond acceptors (Lipinski definition) is 3. The van der Waals surface area contributed by atoms with Crippen molar-refractivity contribution in [1.29, 1.82) is 0 Å². The van der Waals surface area contributed by atoms with E-state index in [1.165, 1.54) is 0 Å². The highest BCUT2D eigenvalue weighted by atomic mass is 16.1. The number of pyridine rings is 1. The number of carbonyl (C=O) groups is 1. The van der Waals surface area contributed by atoms with Gasteiger partial charge in [0, 0.05) is 24.1 Å². The fourth-order valence-electron chi connectivity index (χ4n) is 2.00. The Hall–Kier alpha value is -2.36. The molecule has 0 aliphatic carbocycles. The third kappa shape index (κ3) is 3.35. The lowest BCUT2D eigenvalue weighted by atomic mass is 10.1. The Labute approximate surface area is 119 Å². The largest absolute Gasteiger partial charge is 0.385 e. The van der Waals surface area contributed by atoms with Gasteiger partial charge in [-0.15, -0.1) is 0 Å². The number of hydrogen-bond donors (Lipinski definition) is 2. The summed E-state index contributed by atoms with van der Waals surface area (Å²) in [5.74, 6) is -0.154. The molecule has 0 fully saturated rings. The maximum absolute atomic E-state index is 12.3. The molecule has 0 atom stereocenters. The number of aryl methyl sites for hydroxylation is 2. The highest BCUT2D eigenvalue weighted by Gasteiger charge is 2.12. The second kappa shape index (κ2) is 6.19. The van der Waals surface area contributed by atoms with E-state index in [0.717, 1.165) is 29.2 Å². The number of carbonyl (C=O) groups excluding carboxylic acids is 1. The van der Waals surface area contributed by atoms with E-state index in [-0.39, 0.29) is 5.91 Å². The van der Waals surface area contributed by atoms with Crippen LogP contribution in [0.5, 0.6) is 0 Å². The summed E-state index contributed by atoms with van der Waals surface area (Å²) in [7, 11) is 0. The number of benzene rings is 1. The Bertz CT molecular complexity index is 623. The summed E-state index contributed by atoms with van der Waals surface area (Å²) >= 11 is 0. The normalized spacial score (nSPS) is 10.2. The molecule has 0 radical (unpaired) electrons. The van der Waals surface area contributed by atoms with Crippen LogP contribution in [-0.4, -0.2) is 17.4 Å². The van der Waals surface area contributed by atoms with Crippen LogP contribution in [0.2, 0.25) is 0 Å². The van der Waals surface area contributed by atoms with Crippen molar-refractivity contribution in [1.82, 2.24) is 4.98 Å². The fourth-order valence-corrected chi connectivity index (χ4v) is 2.00. The van der Waals surface area contributed by atoms with Crippen LogP contribution >= 0.6 is 0 Å². The molecule has 1 aromatic carbocycles. The van der Waals surface area contributed by atoms with Crippen molar-refractivity contribution in [2.24, 2.45) is 0 Å². The molecule has 0 aliphatic rings. The van der Waals surface area contributed by atoms with Crippen molar-refractivity contribution < 1.29 is 4.79 Å². The molecular weight excluding hydrogens is 250 g/mol. The molecule has 4 nitrogen and oxygen atoms in total. The van der Waals surface area contributed by atoms with Gasteiger partial charge in [0.1, 0.15) is 0 Å². The zero-order chi connectivity index (χ0) is 14.5. The van der Waals surface area contributed by atoms with Gasteiger partial charge in [-0.3, -0.25) is 9.78 Å². The third-order valence-electron chi connectivity index (χ3n) is 2.93. The topological polar surface area (TPSA) is 54.0 Å². The van der Waals surface area contributed by atoms with Crippen LogP contribution in [0.25, 0.3) is 0 Å². The average Bonchev–Trinajstić information content (AvgIpc) is 2.39. The van der Waals surface area contributed by atoms with Crippen LogP contribution in [0.1, 0.15) is 28.5 Å². The molecule has 1 heterocycles. The first-order chi connectivity index (χ1) is 9.60. The van der Waals surface area contributed by atoms with Gasteiger partial charge < -0.3 is 10.6 Å². The first kappa shape index (κ1) is 14.1. The molecule has 104 valence electrons. The Morgan fingerprint density at radius 3 is 2.75 bits per heavy atom. The van der Waals surface area contributed by atoms with Crippen LogP contribution in [-0.2, 0) is 0 Å². The molecule has 2 aromatic rings. The van der Waals surface area contributed by atoms with Gasteiger partial charge in [-0.1, -0.05) is 12.1 Å². The maximum atomic E-state index is 12.3. The van der Waals surface area contributed by atoms with E-state index in [0.29, 0.717) is 5.56 Å². The lowest BCUT2D eigenvalue weighted by Crippen LogP contribution is -2.15. The summed E-state index contributed by atoms with van der Waals surface area (Å²) in [4.78, 5) is 16.5. The van der Waals surface area contributed by atoms with Crippen molar-refractivity contribution in [3.8, 4) is 0 Å². The van der Waals surface area contributed by atoms with Crippen molar-refractivity contribution in [3.05, 3.63) is 53.3 Å². The lowest BCUT2D eigenvalue weighted by molar-refractivity contribution is 0.102. The van der Waals surface area contributed by atoms with E-state index in [1.54, 1.807) is 6.20 Å². The molecular formula is C16H19N3O. The predicted molar refractivity (Wildman–Crippen MR) is 82.3 cm³/mol. The quantitative estimate of drug-likeness (QED) is 0.894. The first-order valence-corrected chi connectivity index (χ1v) is 6.68. The first-order valence-electron chi connectivity index (χ1n) is 6.68. The summed E-state index contributed by atoms with van der Waals surface area (Å²) in [6.45, 7) is 6.66. The van der Waals surface area contributed by atoms with E-state index in [4.69, 9.17) is 0 Å². The summed E-state index contributed by atoms with van der Waals surface area (Å²) in [6, 6.07) is 9.61.